The SMILES string of the molecule is O=C(Cc1ccc(Cl)cc1)NC[C@@H](c1cccc2ccccc12)N1CCCC1. The van der Waals surface area contributed by atoms with Gasteiger partial charge in [0, 0.05) is 11.6 Å². The predicted molar refractivity (Wildman–Crippen MR) is 116 cm³/mol. The van der Waals surface area contributed by atoms with Gasteiger partial charge in [0.25, 0.3) is 0 Å². The monoisotopic (exact) mass is 392 g/mol. The van der Waals surface area contributed by atoms with E-state index >= 15 is 0 Å². The zero-order valence-corrected chi connectivity index (χ0v) is 16.7. The van der Waals surface area contributed by atoms with Crippen LogP contribution < -0.4 is 5.32 Å². The number of hydrogen-bond acceptors (Lipinski definition) is 2. The summed E-state index contributed by atoms with van der Waals surface area (Å²) in [7, 11) is 0. The summed E-state index contributed by atoms with van der Waals surface area (Å²) in [5.41, 5.74) is 2.27. The molecule has 1 N–H and O–H groups in total. The Labute approximate surface area is 171 Å². The van der Waals surface area contributed by atoms with Gasteiger partial charge in [-0.15, -0.1) is 0 Å². The zero-order chi connectivity index (χ0) is 19.3. The Bertz CT molecular complexity index is 943. The molecule has 0 aromatic heterocycles. The smallest absolute Gasteiger partial charge is 0.224 e. The quantitative estimate of drug-likeness (QED) is 0.641. The van der Waals surface area contributed by atoms with E-state index in [2.05, 4.69) is 52.7 Å². The van der Waals surface area contributed by atoms with E-state index in [1.807, 2.05) is 24.3 Å². The molecule has 1 aliphatic rings. The molecule has 1 amide bonds. The van der Waals surface area contributed by atoms with Crippen molar-refractivity contribution in [2.24, 2.45) is 0 Å². The molecule has 0 spiro atoms. The van der Waals surface area contributed by atoms with Gasteiger partial charge in [-0.2, -0.15) is 0 Å². The molecule has 4 heteroatoms. The Hall–Kier alpha value is -2.36. The third-order valence-electron chi connectivity index (χ3n) is 5.53. The molecule has 144 valence electrons. The van der Waals surface area contributed by atoms with Gasteiger partial charge >= 0.3 is 0 Å². The highest BCUT2D eigenvalue weighted by Gasteiger charge is 2.25. The Kier molecular flexibility index (Phi) is 5.94. The van der Waals surface area contributed by atoms with Crippen LogP contribution in [0.1, 0.15) is 30.0 Å². The maximum Gasteiger partial charge on any atom is 0.224 e. The van der Waals surface area contributed by atoms with Crippen LogP contribution in [0.5, 0.6) is 0 Å². The van der Waals surface area contributed by atoms with Crippen LogP contribution in [-0.2, 0) is 11.2 Å². The number of nitrogens with one attached hydrogen (secondary N) is 1. The molecule has 1 fully saturated rings. The van der Waals surface area contributed by atoms with Crippen molar-refractivity contribution in [2.45, 2.75) is 25.3 Å². The summed E-state index contributed by atoms with van der Waals surface area (Å²) in [5.74, 6) is 0.0479. The van der Waals surface area contributed by atoms with Gasteiger partial charge in [0.2, 0.25) is 5.91 Å². The lowest BCUT2D eigenvalue weighted by molar-refractivity contribution is -0.120. The normalized spacial score (nSPS) is 15.6. The van der Waals surface area contributed by atoms with Crippen molar-refractivity contribution < 1.29 is 4.79 Å². The summed E-state index contributed by atoms with van der Waals surface area (Å²) in [6.07, 6.45) is 2.82. The van der Waals surface area contributed by atoms with Crippen LogP contribution in [0.15, 0.2) is 66.7 Å². The predicted octanol–water partition coefficient (Wildman–Crippen LogP) is 4.99. The van der Waals surface area contributed by atoms with E-state index < -0.39 is 0 Å². The molecule has 28 heavy (non-hydrogen) atoms. The Morgan fingerprint density at radius 1 is 0.964 bits per heavy atom. The molecule has 3 nitrogen and oxygen atoms in total. The van der Waals surface area contributed by atoms with Gasteiger partial charge < -0.3 is 5.32 Å². The number of carbonyl (C=O) groups excluding carboxylic acids is 1. The highest BCUT2D eigenvalue weighted by Crippen LogP contribution is 2.30. The van der Waals surface area contributed by atoms with Crippen LogP contribution in [0.4, 0.5) is 0 Å². The maximum atomic E-state index is 12.5. The average molecular weight is 393 g/mol. The van der Waals surface area contributed by atoms with Gasteiger partial charge in [0.15, 0.2) is 0 Å². The third-order valence-corrected chi connectivity index (χ3v) is 5.79. The second-order valence-electron chi connectivity index (χ2n) is 7.43. The summed E-state index contributed by atoms with van der Waals surface area (Å²) < 4.78 is 0. The lowest BCUT2D eigenvalue weighted by Crippen LogP contribution is -2.37. The van der Waals surface area contributed by atoms with Gasteiger partial charge in [-0.3, -0.25) is 9.69 Å². The van der Waals surface area contributed by atoms with E-state index in [0.29, 0.717) is 18.0 Å². The number of nitrogens with zero attached hydrogens (tertiary/aromatic N) is 1. The van der Waals surface area contributed by atoms with Gasteiger partial charge in [0.05, 0.1) is 12.5 Å². The number of rotatable bonds is 6. The summed E-state index contributed by atoms with van der Waals surface area (Å²) in [5, 5.41) is 6.38. The molecular formula is C24H25ClN2O. The van der Waals surface area contributed by atoms with Crippen molar-refractivity contribution in [3.8, 4) is 0 Å². The minimum Gasteiger partial charge on any atom is -0.354 e. The molecule has 1 atom stereocenters. The van der Waals surface area contributed by atoms with Gasteiger partial charge in [-0.25, -0.2) is 0 Å². The molecular weight excluding hydrogens is 368 g/mol. The number of benzene rings is 3. The van der Waals surface area contributed by atoms with Gasteiger partial charge in [-0.1, -0.05) is 66.2 Å². The molecule has 3 aromatic rings. The van der Waals surface area contributed by atoms with Gasteiger partial charge in [-0.05, 0) is 60.0 Å². The fraction of sp³-hybridized carbons (Fsp3) is 0.292. The molecule has 1 heterocycles. The minimum absolute atomic E-state index is 0.0479. The van der Waals surface area contributed by atoms with Crippen molar-refractivity contribution in [2.75, 3.05) is 19.6 Å². The lowest BCUT2D eigenvalue weighted by Gasteiger charge is -2.29. The number of halogens is 1. The van der Waals surface area contributed by atoms with Crippen molar-refractivity contribution in [1.29, 1.82) is 0 Å². The van der Waals surface area contributed by atoms with Crippen LogP contribution in [-0.4, -0.2) is 30.4 Å². The largest absolute Gasteiger partial charge is 0.354 e. The highest BCUT2D eigenvalue weighted by molar-refractivity contribution is 6.30. The van der Waals surface area contributed by atoms with Crippen molar-refractivity contribution in [3.63, 3.8) is 0 Å². The van der Waals surface area contributed by atoms with E-state index in [1.54, 1.807) is 0 Å². The first-order valence-electron chi connectivity index (χ1n) is 9.93. The summed E-state index contributed by atoms with van der Waals surface area (Å²) in [6.45, 7) is 2.79. The third kappa shape index (κ3) is 4.37. The number of hydrogen-bond donors (Lipinski definition) is 1. The second kappa shape index (κ2) is 8.76. The van der Waals surface area contributed by atoms with E-state index in [4.69, 9.17) is 11.6 Å². The Balaban J connectivity index is 1.52. The molecule has 0 bridgehead atoms. The maximum absolute atomic E-state index is 12.5. The fourth-order valence-electron chi connectivity index (χ4n) is 4.09. The first kappa shape index (κ1) is 19.0. The van der Waals surface area contributed by atoms with Crippen molar-refractivity contribution >= 4 is 28.3 Å². The fourth-order valence-corrected chi connectivity index (χ4v) is 4.22. The number of carbonyl (C=O) groups is 1. The average Bonchev–Trinajstić information content (AvgIpc) is 3.25. The van der Waals surface area contributed by atoms with Crippen molar-refractivity contribution in [1.82, 2.24) is 10.2 Å². The molecule has 0 unspecified atom stereocenters. The van der Waals surface area contributed by atoms with Crippen LogP contribution >= 0.6 is 11.6 Å². The topological polar surface area (TPSA) is 32.3 Å². The molecule has 4 rings (SSSR count). The van der Waals surface area contributed by atoms with Crippen molar-refractivity contribution in [3.05, 3.63) is 82.9 Å². The van der Waals surface area contributed by atoms with Gasteiger partial charge in [0.1, 0.15) is 0 Å². The number of amides is 1. The first-order valence-corrected chi connectivity index (χ1v) is 10.3. The Morgan fingerprint density at radius 2 is 1.68 bits per heavy atom. The molecule has 1 saturated heterocycles. The van der Waals surface area contributed by atoms with E-state index in [-0.39, 0.29) is 11.9 Å². The second-order valence-corrected chi connectivity index (χ2v) is 7.87. The molecule has 3 aromatic carbocycles. The van der Waals surface area contributed by atoms with Crippen LogP contribution in [0.25, 0.3) is 10.8 Å². The van der Waals surface area contributed by atoms with E-state index in [1.165, 1.54) is 29.2 Å². The molecule has 0 aliphatic carbocycles. The minimum atomic E-state index is 0.0479. The number of fused-ring (bicyclic) bond motifs is 1. The Morgan fingerprint density at radius 3 is 2.46 bits per heavy atom. The summed E-state index contributed by atoms with van der Waals surface area (Å²) >= 11 is 5.93. The van der Waals surface area contributed by atoms with Crippen LogP contribution in [0, 0.1) is 0 Å². The van der Waals surface area contributed by atoms with Crippen LogP contribution in [0.2, 0.25) is 5.02 Å². The summed E-state index contributed by atoms with van der Waals surface area (Å²) in [6, 6.07) is 22.6. The molecule has 1 aliphatic heterocycles. The van der Waals surface area contributed by atoms with E-state index in [0.717, 1.165) is 18.7 Å². The molecule has 0 saturated carbocycles. The zero-order valence-electron chi connectivity index (χ0n) is 15.9. The first-order chi connectivity index (χ1) is 13.7. The summed E-state index contributed by atoms with van der Waals surface area (Å²) in [4.78, 5) is 15.1. The molecule has 0 radical (unpaired) electrons. The van der Waals surface area contributed by atoms with E-state index in [9.17, 15) is 4.79 Å². The standard InChI is InChI=1S/C24H25ClN2O/c25-20-12-10-18(11-13-20)16-24(28)26-17-23(27-14-3-4-15-27)22-9-5-7-19-6-1-2-8-21(19)22/h1-2,5-13,23H,3-4,14-17H2,(H,26,28)/t23-/m0/s1. The highest BCUT2D eigenvalue weighted by atomic mass is 35.5. The lowest BCUT2D eigenvalue weighted by atomic mass is 9.97. The number of likely N-dealkylation sites (tertiary alicyclic amines) is 1. The van der Waals surface area contributed by atoms with Crippen LogP contribution in [0.3, 0.4) is 0 Å².